The zero-order valence-electron chi connectivity index (χ0n) is 17.9. The van der Waals surface area contributed by atoms with Gasteiger partial charge in [-0.25, -0.2) is 0 Å². The Balaban J connectivity index is 1.35. The Hall–Kier alpha value is -3.51. The van der Waals surface area contributed by atoms with Crippen LogP contribution in [0.15, 0.2) is 79.1 Å². The molecule has 6 nitrogen and oxygen atoms in total. The lowest BCUT2D eigenvalue weighted by Crippen LogP contribution is -2.45. The Morgan fingerprint density at radius 1 is 0.938 bits per heavy atom. The van der Waals surface area contributed by atoms with Crippen LogP contribution in [-0.4, -0.2) is 46.9 Å². The first-order chi connectivity index (χ1) is 15.7. The fraction of sp³-hybridized carbons (Fsp3) is 0.269. The lowest BCUT2D eigenvalue weighted by molar-refractivity contribution is 0.0934. The van der Waals surface area contributed by atoms with Crippen LogP contribution in [0, 0.1) is 0 Å². The summed E-state index contributed by atoms with van der Waals surface area (Å²) in [4.78, 5) is 34.4. The Morgan fingerprint density at radius 3 is 2.53 bits per heavy atom. The Kier molecular flexibility index (Phi) is 5.69. The molecular formula is C26H26N4O2. The van der Waals surface area contributed by atoms with E-state index in [2.05, 4.69) is 21.3 Å². The van der Waals surface area contributed by atoms with Crippen LogP contribution < -0.4 is 10.2 Å². The molecule has 3 aromatic rings. The van der Waals surface area contributed by atoms with Crippen molar-refractivity contribution in [3.05, 3.63) is 95.8 Å². The largest absolute Gasteiger partial charge is 0.350 e. The van der Waals surface area contributed by atoms with Crippen molar-refractivity contribution < 1.29 is 9.59 Å². The number of fused-ring (bicyclic) bond motifs is 2. The van der Waals surface area contributed by atoms with Crippen molar-refractivity contribution >= 4 is 17.5 Å². The summed E-state index contributed by atoms with van der Waals surface area (Å²) < 4.78 is 0. The molecule has 2 amide bonds. The number of nitrogens with zero attached hydrogens (tertiary/aromatic N) is 3. The number of aromatic nitrogens is 1. The average molecular weight is 427 g/mol. The number of pyridine rings is 1. The predicted molar refractivity (Wildman–Crippen MR) is 123 cm³/mol. The number of amides is 2. The van der Waals surface area contributed by atoms with Crippen molar-refractivity contribution in [3.8, 4) is 0 Å². The van der Waals surface area contributed by atoms with Crippen molar-refractivity contribution in [1.82, 2.24) is 15.2 Å². The third kappa shape index (κ3) is 4.01. The summed E-state index contributed by atoms with van der Waals surface area (Å²) in [5.41, 5.74) is 3.37. The van der Waals surface area contributed by atoms with Gasteiger partial charge in [-0.15, -0.1) is 0 Å². The van der Waals surface area contributed by atoms with E-state index in [0.29, 0.717) is 24.2 Å². The van der Waals surface area contributed by atoms with E-state index in [1.807, 2.05) is 59.5 Å². The van der Waals surface area contributed by atoms with Crippen molar-refractivity contribution in [2.75, 3.05) is 18.0 Å². The Morgan fingerprint density at radius 2 is 1.72 bits per heavy atom. The van der Waals surface area contributed by atoms with Gasteiger partial charge in [0.05, 0.1) is 5.56 Å². The van der Waals surface area contributed by atoms with E-state index < -0.39 is 0 Å². The highest BCUT2D eigenvalue weighted by molar-refractivity contribution is 6.06. The second-order valence-corrected chi connectivity index (χ2v) is 8.42. The summed E-state index contributed by atoms with van der Waals surface area (Å²) in [6.07, 6.45) is 5.30. The van der Waals surface area contributed by atoms with E-state index in [-0.39, 0.29) is 23.9 Å². The lowest BCUT2D eigenvalue weighted by Gasteiger charge is -2.29. The van der Waals surface area contributed by atoms with Gasteiger partial charge in [0.1, 0.15) is 0 Å². The third-order valence-corrected chi connectivity index (χ3v) is 6.49. The molecule has 6 heteroatoms. The van der Waals surface area contributed by atoms with Gasteiger partial charge in [-0.1, -0.05) is 36.4 Å². The van der Waals surface area contributed by atoms with E-state index in [1.54, 1.807) is 18.5 Å². The van der Waals surface area contributed by atoms with Crippen molar-refractivity contribution in [3.63, 3.8) is 0 Å². The molecule has 2 aliphatic rings. The molecule has 0 spiro atoms. The van der Waals surface area contributed by atoms with Crippen LogP contribution in [0.3, 0.4) is 0 Å². The fourth-order valence-corrected chi connectivity index (χ4v) is 4.84. The number of hydrogen-bond acceptors (Lipinski definition) is 4. The summed E-state index contributed by atoms with van der Waals surface area (Å²) >= 11 is 0. The van der Waals surface area contributed by atoms with Gasteiger partial charge < -0.3 is 10.2 Å². The first-order valence-corrected chi connectivity index (χ1v) is 11.1. The SMILES string of the molecule is O=C(NC[C@@H]1CC[C@H]2CN(C(=O)c3cccnc3)c3ccccc3CN12)c1ccccc1. The minimum atomic E-state index is -0.0438. The van der Waals surface area contributed by atoms with Crippen LogP contribution >= 0.6 is 0 Å². The molecule has 5 rings (SSSR count). The first kappa shape index (κ1) is 20.4. The van der Waals surface area contributed by atoms with Crippen LogP contribution in [0.25, 0.3) is 0 Å². The number of hydrogen-bond donors (Lipinski definition) is 1. The zero-order valence-corrected chi connectivity index (χ0v) is 17.9. The van der Waals surface area contributed by atoms with Crippen LogP contribution in [0.2, 0.25) is 0 Å². The molecule has 2 aromatic carbocycles. The van der Waals surface area contributed by atoms with Gasteiger partial charge in [0.25, 0.3) is 11.8 Å². The minimum Gasteiger partial charge on any atom is -0.350 e. The quantitative estimate of drug-likeness (QED) is 0.694. The number of rotatable bonds is 4. The number of para-hydroxylation sites is 1. The molecule has 0 saturated carbocycles. The van der Waals surface area contributed by atoms with E-state index in [1.165, 1.54) is 0 Å². The second-order valence-electron chi connectivity index (χ2n) is 8.42. The fourth-order valence-electron chi connectivity index (χ4n) is 4.84. The number of carbonyl (C=O) groups is 2. The first-order valence-electron chi connectivity index (χ1n) is 11.1. The van der Waals surface area contributed by atoms with Gasteiger partial charge in [0, 0.05) is 55.4 Å². The highest BCUT2D eigenvalue weighted by Gasteiger charge is 2.39. The van der Waals surface area contributed by atoms with Gasteiger partial charge in [-0.2, -0.15) is 0 Å². The monoisotopic (exact) mass is 426 g/mol. The van der Waals surface area contributed by atoms with Crippen LogP contribution in [0.1, 0.15) is 39.1 Å². The molecule has 1 aromatic heterocycles. The van der Waals surface area contributed by atoms with Crippen molar-refractivity contribution in [1.29, 1.82) is 0 Å². The summed E-state index contributed by atoms with van der Waals surface area (Å²) in [6.45, 7) is 2.00. The molecule has 0 unspecified atom stereocenters. The smallest absolute Gasteiger partial charge is 0.259 e. The van der Waals surface area contributed by atoms with E-state index >= 15 is 0 Å². The standard InChI is InChI=1S/C26H26N4O2/c31-25(19-7-2-1-3-8-19)28-16-22-12-13-23-18-30(26(32)20-10-6-14-27-15-20)24-11-5-4-9-21(24)17-29(22)23/h1-11,14-15,22-23H,12-13,16-18H2,(H,28,31)/t22-,23-/m0/s1. The highest BCUT2D eigenvalue weighted by Crippen LogP contribution is 2.35. The molecule has 0 aliphatic carbocycles. The summed E-state index contributed by atoms with van der Waals surface area (Å²) in [5.74, 6) is -0.0640. The van der Waals surface area contributed by atoms with Gasteiger partial charge in [-0.05, 0) is 48.7 Å². The number of carbonyl (C=O) groups excluding carboxylic acids is 2. The summed E-state index contributed by atoms with van der Waals surface area (Å²) in [6, 6.07) is 21.6. The number of anilines is 1. The lowest BCUT2D eigenvalue weighted by atomic mass is 10.1. The van der Waals surface area contributed by atoms with Crippen molar-refractivity contribution in [2.45, 2.75) is 31.5 Å². The van der Waals surface area contributed by atoms with Gasteiger partial charge in [0.15, 0.2) is 0 Å². The third-order valence-electron chi connectivity index (χ3n) is 6.49. The van der Waals surface area contributed by atoms with Crippen molar-refractivity contribution in [2.24, 2.45) is 0 Å². The van der Waals surface area contributed by atoms with Crippen LogP contribution in [-0.2, 0) is 6.54 Å². The van der Waals surface area contributed by atoms with E-state index in [9.17, 15) is 9.59 Å². The average Bonchev–Trinajstić information content (AvgIpc) is 3.14. The van der Waals surface area contributed by atoms with Crippen LogP contribution in [0.4, 0.5) is 5.69 Å². The normalized spacial score (nSPS) is 20.2. The molecular weight excluding hydrogens is 400 g/mol. The molecule has 0 bridgehead atoms. The molecule has 2 aliphatic heterocycles. The second kappa shape index (κ2) is 8.93. The van der Waals surface area contributed by atoms with E-state index in [0.717, 1.165) is 30.6 Å². The van der Waals surface area contributed by atoms with E-state index in [4.69, 9.17) is 0 Å². The molecule has 32 heavy (non-hydrogen) atoms. The zero-order chi connectivity index (χ0) is 21.9. The molecule has 2 atom stereocenters. The Bertz CT molecular complexity index is 1100. The predicted octanol–water partition coefficient (Wildman–Crippen LogP) is 3.51. The maximum atomic E-state index is 13.4. The molecule has 1 saturated heterocycles. The number of benzene rings is 2. The molecule has 0 radical (unpaired) electrons. The Labute approximate surface area is 187 Å². The van der Waals surface area contributed by atoms with Gasteiger partial charge in [-0.3, -0.25) is 19.5 Å². The molecule has 162 valence electrons. The maximum Gasteiger partial charge on any atom is 0.259 e. The highest BCUT2D eigenvalue weighted by atomic mass is 16.2. The maximum absolute atomic E-state index is 13.4. The van der Waals surface area contributed by atoms with Gasteiger partial charge >= 0.3 is 0 Å². The van der Waals surface area contributed by atoms with Gasteiger partial charge in [0.2, 0.25) is 0 Å². The molecule has 1 N–H and O–H groups in total. The molecule has 1 fully saturated rings. The number of nitrogens with one attached hydrogen (secondary N) is 1. The summed E-state index contributed by atoms with van der Waals surface area (Å²) in [5, 5.41) is 3.11. The molecule has 3 heterocycles. The topological polar surface area (TPSA) is 65.5 Å². The minimum absolute atomic E-state index is 0.0202. The van der Waals surface area contributed by atoms with Crippen LogP contribution in [0.5, 0.6) is 0 Å². The summed E-state index contributed by atoms with van der Waals surface area (Å²) in [7, 11) is 0.